The first kappa shape index (κ1) is 30.4. The molecule has 0 aliphatic heterocycles. The summed E-state index contributed by atoms with van der Waals surface area (Å²) in [5.74, 6) is 0. The Morgan fingerprint density at radius 3 is 1.71 bits per heavy atom. The van der Waals surface area contributed by atoms with Crippen LogP contribution in [0.25, 0.3) is 75.1 Å². The lowest BCUT2D eigenvalue weighted by molar-refractivity contribution is 1.30. The highest BCUT2D eigenvalue weighted by atomic mass is 32.1. The van der Waals surface area contributed by atoms with Crippen molar-refractivity contribution in [2.75, 3.05) is 4.90 Å². The van der Waals surface area contributed by atoms with Gasteiger partial charge < -0.3 is 4.90 Å². The van der Waals surface area contributed by atoms with Crippen LogP contribution in [-0.2, 0) is 0 Å². The number of hydrogen-bond acceptors (Lipinski definition) is 2. The molecule has 10 rings (SSSR count). The van der Waals surface area contributed by atoms with Crippen LogP contribution in [0.5, 0.6) is 0 Å². The van der Waals surface area contributed by atoms with Crippen molar-refractivity contribution in [2.45, 2.75) is 0 Å². The number of rotatable bonds is 6. The Hall–Kier alpha value is -6.48. The first-order chi connectivity index (χ1) is 25.8. The summed E-state index contributed by atoms with van der Waals surface area (Å²) in [7, 11) is 0. The lowest BCUT2D eigenvalue weighted by atomic mass is 9.98. The molecule has 0 N–H and O–H groups in total. The monoisotopic (exact) mass is 679 g/mol. The van der Waals surface area contributed by atoms with Gasteiger partial charge in [-0.2, -0.15) is 0 Å². The highest BCUT2D eigenvalue weighted by molar-refractivity contribution is 7.26. The first-order valence-electron chi connectivity index (χ1n) is 17.8. The summed E-state index contributed by atoms with van der Waals surface area (Å²) < 4.78 is 2.57. The molecule has 0 bridgehead atoms. The summed E-state index contributed by atoms with van der Waals surface area (Å²) in [5, 5.41) is 7.60. The van der Waals surface area contributed by atoms with Crippen LogP contribution in [0.1, 0.15) is 0 Å². The Balaban J connectivity index is 1.11. The molecular weight excluding hydrogens is 647 g/mol. The summed E-state index contributed by atoms with van der Waals surface area (Å²) in [6.07, 6.45) is 0. The van der Waals surface area contributed by atoms with Gasteiger partial charge in [0.25, 0.3) is 0 Å². The van der Waals surface area contributed by atoms with Gasteiger partial charge >= 0.3 is 0 Å². The van der Waals surface area contributed by atoms with E-state index < -0.39 is 0 Å². The lowest BCUT2D eigenvalue weighted by Crippen LogP contribution is -2.10. The van der Waals surface area contributed by atoms with Gasteiger partial charge in [-0.25, -0.2) is 0 Å². The molecule has 0 radical (unpaired) electrons. The molecule has 52 heavy (non-hydrogen) atoms. The molecule has 1 nitrogen and oxygen atoms in total. The largest absolute Gasteiger partial charge is 0.309 e. The van der Waals surface area contributed by atoms with Crippen molar-refractivity contribution in [1.82, 2.24) is 0 Å². The van der Waals surface area contributed by atoms with E-state index in [1.807, 2.05) is 11.3 Å². The van der Waals surface area contributed by atoms with E-state index in [9.17, 15) is 0 Å². The van der Waals surface area contributed by atoms with Crippen LogP contribution < -0.4 is 4.90 Å². The molecule has 9 aromatic carbocycles. The van der Waals surface area contributed by atoms with Crippen molar-refractivity contribution in [2.24, 2.45) is 0 Å². The van der Waals surface area contributed by atoms with E-state index in [-0.39, 0.29) is 0 Å². The Morgan fingerprint density at radius 1 is 0.327 bits per heavy atom. The number of hydrogen-bond donors (Lipinski definition) is 0. The maximum atomic E-state index is 2.42. The molecule has 0 saturated heterocycles. The fourth-order valence-corrected chi connectivity index (χ4v) is 8.82. The SMILES string of the molecule is c1ccc(-c2ccc3sc4c(N(c5ccc(-c6ccc7ccccc7c6)cc5)c5ccc(-c6cccc7ccccc67)cc5)cccc4c3c2)cc1. The highest BCUT2D eigenvalue weighted by Gasteiger charge is 2.19. The fourth-order valence-electron chi connectivity index (χ4n) is 7.64. The molecule has 0 aliphatic carbocycles. The predicted molar refractivity (Wildman–Crippen MR) is 225 cm³/mol. The van der Waals surface area contributed by atoms with E-state index in [1.165, 1.54) is 80.8 Å². The molecule has 0 amide bonds. The van der Waals surface area contributed by atoms with Crippen molar-refractivity contribution < 1.29 is 0 Å². The van der Waals surface area contributed by atoms with Gasteiger partial charge in [0.15, 0.2) is 0 Å². The van der Waals surface area contributed by atoms with Crippen molar-refractivity contribution in [3.05, 3.63) is 200 Å². The molecule has 244 valence electrons. The van der Waals surface area contributed by atoms with Crippen LogP contribution in [0, 0.1) is 0 Å². The van der Waals surface area contributed by atoms with Crippen LogP contribution in [0.15, 0.2) is 200 Å². The lowest BCUT2D eigenvalue weighted by Gasteiger charge is -2.26. The summed E-state index contributed by atoms with van der Waals surface area (Å²) in [4.78, 5) is 2.42. The topological polar surface area (TPSA) is 3.24 Å². The average molecular weight is 680 g/mol. The van der Waals surface area contributed by atoms with E-state index >= 15 is 0 Å². The summed E-state index contributed by atoms with van der Waals surface area (Å²) in [5.41, 5.74) is 10.8. The smallest absolute Gasteiger partial charge is 0.0640 e. The minimum absolute atomic E-state index is 1.12. The molecular formula is C50H33NS. The van der Waals surface area contributed by atoms with Crippen LogP contribution in [0.3, 0.4) is 0 Å². The number of fused-ring (bicyclic) bond motifs is 5. The Labute approximate surface area is 307 Å². The van der Waals surface area contributed by atoms with E-state index in [0.717, 1.165) is 11.4 Å². The molecule has 0 spiro atoms. The number of nitrogens with zero attached hydrogens (tertiary/aromatic N) is 1. The number of anilines is 3. The van der Waals surface area contributed by atoms with E-state index in [2.05, 4.69) is 205 Å². The zero-order valence-electron chi connectivity index (χ0n) is 28.4. The van der Waals surface area contributed by atoms with Crippen molar-refractivity contribution in [1.29, 1.82) is 0 Å². The quantitative estimate of drug-likeness (QED) is 0.169. The molecule has 1 heterocycles. The molecule has 0 atom stereocenters. The van der Waals surface area contributed by atoms with Crippen molar-refractivity contribution in [3.8, 4) is 33.4 Å². The molecule has 0 unspecified atom stereocenters. The first-order valence-corrected chi connectivity index (χ1v) is 18.6. The average Bonchev–Trinajstić information content (AvgIpc) is 3.60. The second-order valence-corrected chi connectivity index (χ2v) is 14.4. The maximum Gasteiger partial charge on any atom is 0.0640 e. The van der Waals surface area contributed by atoms with E-state index in [0.29, 0.717) is 0 Å². The van der Waals surface area contributed by atoms with Gasteiger partial charge in [0.1, 0.15) is 0 Å². The van der Waals surface area contributed by atoms with E-state index in [1.54, 1.807) is 0 Å². The fraction of sp³-hybridized carbons (Fsp3) is 0. The van der Waals surface area contributed by atoms with Gasteiger partial charge in [-0.15, -0.1) is 11.3 Å². The normalized spacial score (nSPS) is 11.5. The molecule has 10 aromatic rings. The van der Waals surface area contributed by atoms with Gasteiger partial charge in [-0.3, -0.25) is 0 Å². The Bertz CT molecular complexity index is 2880. The molecule has 1 aromatic heterocycles. The number of thiophene rings is 1. The minimum atomic E-state index is 1.12. The highest BCUT2D eigenvalue weighted by Crippen LogP contribution is 2.46. The van der Waals surface area contributed by atoms with Crippen molar-refractivity contribution >= 4 is 70.1 Å². The summed E-state index contributed by atoms with van der Waals surface area (Å²) in [6.45, 7) is 0. The second-order valence-electron chi connectivity index (χ2n) is 13.4. The summed E-state index contributed by atoms with van der Waals surface area (Å²) >= 11 is 1.87. The zero-order valence-corrected chi connectivity index (χ0v) is 29.2. The van der Waals surface area contributed by atoms with Gasteiger partial charge in [0.05, 0.1) is 10.4 Å². The van der Waals surface area contributed by atoms with Crippen LogP contribution in [0.4, 0.5) is 17.1 Å². The van der Waals surface area contributed by atoms with Crippen LogP contribution in [-0.4, -0.2) is 0 Å². The maximum absolute atomic E-state index is 2.42. The third-order valence-corrected chi connectivity index (χ3v) is 11.5. The van der Waals surface area contributed by atoms with Gasteiger partial charge in [-0.05, 0) is 103 Å². The Kier molecular flexibility index (Phi) is 7.41. The molecule has 0 aliphatic rings. The molecule has 2 heteroatoms. The van der Waals surface area contributed by atoms with E-state index in [4.69, 9.17) is 0 Å². The third kappa shape index (κ3) is 5.33. The van der Waals surface area contributed by atoms with Crippen LogP contribution >= 0.6 is 11.3 Å². The summed E-state index contributed by atoms with van der Waals surface area (Å²) in [6, 6.07) is 72.9. The third-order valence-electron chi connectivity index (χ3n) is 10.3. The Morgan fingerprint density at radius 2 is 0.904 bits per heavy atom. The second kappa shape index (κ2) is 12.7. The standard InChI is InChI=1S/C50H33NS/c1-2-10-34(11-3-1)41-26-31-49-47(33-41)46-18-9-19-48(50(46)52-49)51(42-27-22-36(23-28-42)40-21-20-35-12-4-5-14-39(35)32-40)43-29-24-38(25-30-43)45-17-8-15-37-13-6-7-16-44(37)45/h1-33H. The minimum Gasteiger partial charge on any atom is -0.309 e. The molecule has 0 saturated carbocycles. The van der Waals surface area contributed by atoms with Crippen molar-refractivity contribution in [3.63, 3.8) is 0 Å². The van der Waals surface area contributed by atoms with Crippen LogP contribution in [0.2, 0.25) is 0 Å². The predicted octanol–water partition coefficient (Wildman–Crippen LogP) is 14.8. The number of benzene rings is 9. The zero-order chi connectivity index (χ0) is 34.4. The van der Waals surface area contributed by atoms with Gasteiger partial charge in [-0.1, -0.05) is 152 Å². The van der Waals surface area contributed by atoms with Gasteiger partial charge in [0.2, 0.25) is 0 Å². The molecule has 0 fully saturated rings. The van der Waals surface area contributed by atoms with Gasteiger partial charge in [0, 0.05) is 26.8 Å².